The van der Waals surface area contributed by atoms with Crippen LogP contribution >= 0.6 is 0 Å². The van der Waals surface area contributed by atoms with E-state index >= 15 is 0 Å². The van der Waals surface area contributed by atoms with Crippen LogP contribution in [0.3, 0.4) is 0 Å². The van der Waals surface area contributed by atoms with Crippen LogP contribution in [0.25, 0.3) is 10.9 Å². The van der Waals surface area contributed by atoms with E-state index in [9.17, 15) is 26.7 Å². The van der Waals surface area contributed by atoms with Crippen molar-refractivity contribution in [1.82, 2.24) is 14.2 Å². The number of nitrogens with one attached hydrogen (secondary N) is 1. The number of nitrogens with zero attached hydrogens (tertiary/aromatic N) is 2. The largest absolute Gasteiger partial charge is 0.491 e. The number of fused-ring (bicyclic) bond motifs is 1. The molecule has 14 heteroatoms. The van der Waals surface area contributed by atoms with Gasteiger partial charge in [-0.2, -0.15) is 4.31 Å². The van der Waals surface area contributed by atoms with Gasteiger partial charge in [0.25, 0.3) is 0 Å². The van der Waals surface area contributed by atoms with E-state index in [2.05, 4.69) is 5.32 Å². The molecule has 2 aliphatic heterocycles. The van der Waals surface area contributed by atoms with Gasteiger partial charge >= 0.3 is 0 Å². The molecule has 0 bridgehead atoms. The van der Waals surface area contributed by atoms with Crippen molar-refractivity contribution in [1.29, 1.82) is 0 Å². The Kier molecular flexibility index (Phi) is 9.01. The highest BCUT2D eigenvalue weighted by Gasteiger charge is 2.45. The maximum Gasteiger partial charge on any atom is 0.248 e. The van der Waals surface area contributed by atoms with Crippen LogP contribution in [0.4, 0.5) is 0 Å². The van der Waals surface area contributed by atoms with Crippen LogP contribution in [0, 0.1) is 6.92 Å². The van der Waals surface area contributed by atoms with E-state index < -0.39 is 37.2 Å². The molecule has 12 nitrogen and oxygen atoms in total. The zero-order valence-electron chi connectivity index (χ0n) is 24.2. The molecule has 234 valence electrons. The number of sulfonamides is 2. The zero-order valence-corrected chi connectivity index (χ0v) is 25.9. The van der Waals surface area contributed by atoms with E-state index in [0.29, 0.717) is 37.8 Å². The van der Waals surface area contributed by atoms with Gasteiger partial charge in [0.05, 0.1) is 22.6 Å². The minimum Gasteiger partial charge on any atom is -0.491 e. The molecule has 5 rings (SSSR count). The van der Waals surface area contributed by atoms with Crippen molar-refractivity contribution in [3.63, 3.8) is 0 Å². The molecule has 2 atom stereocenters. The van der Waals surface area contributed by atoms with Gasteiger partial charge < -0.3 is 24.5 Å². The summed E-state index contributed by atoms with van der Waals surface area (Å²) in [6.45, 7) is 5.44. The van der Waals surface area contributed by atoms with Gasteiger partial charge in [0.2, 0.25) is 25.5 Å². The maximum absolute atomic E-state index is 13.6. The molecule has 4 N–H and O–H groups in total. The second-order valence-electron chi connectivity index (χ2n) is 11.3. The minimum absolute atomic E-state index is 0.0378. The monoisotopic (exact) mass is 634 g/mol. The normalized spacial score (nSPS) is 20.0. The number of aliphatic hydroxyl groups is 1. The number of aryl methyl sites for hydroxylation is 2. The number of aromatic nitrogens is 1. The summed E-state index contributed by atoms with van der Waals surface area (Å²) < 4.78 is 65.2. The van der Waals surface area contributed by atoms with Crippen molar-refractivity contribution in [3.8, 4) is 5.75 Å². The van der Waals surface area contributed by atoms with Crippen LogP contribution in [-0.4, -0.2) is 81.4 Å². The molecule has 0 saturated carbocycles. The lowest BCUT2D eigenvalue weighted by Gasteiger charge is -2.38. The molecule has 0 amide bonds. The molecular formula is C29H38N4O8S2. The van der Waals surface area contributed by atoms with Crippen LogP contribution < -0.4 is 20.6 Å². The Hall–Kier alpha value is -2.85. The van der Waals surface area contributed by atoms with Crippen LogP contribution in [0.2, 0.25) is 0 Å². The predicted molar refractivity (Wildman–Crippen MR) is 161 cm³/mol. The first-order valence-corrected chi connectivity index (χ1v) is 17.2. The summed E-state index contributed by atoms with van der Waals surface area (Å²) in [7, 11) is -7.87. The summed E-state index contributed by atoms with van der Waals surface area (Å²) in [6.07, 6.45) is 2.24. The van der Waals surface area contributed by atoms with E-state index in [1.165, 1.54) is 28.7 Å². The first-order valence-electron chi connectivity index (χ1n) is 14.3. The number of benzene rings is 2. The van der Waals surface area contributed by atoms with E-state index in [0.717, 1.165) is 11.1 Å². The van der Waals surface area contributed by atoms with Crippen molar-refractivity contribution >= 4 is 30.9 Å². The Morgan fingerprint density at radius 1 is 1.16 bits per heavy atom. The standard InChI is InChI=1S/C29H38N4O8S2/c1-3-32-17-27(28(35)25-8-7-20(2)13-26(25)32)43(38,39)33-11-9-29(10-12-33)15-21(18-41-29)31-16-22(34)19-40-23-5-4-6-24(14-23)42(30,36)37/h4-8,13-14,17,21-22,31,34H,3,9-12,15-16,18-19H2,1-2H3,(H2,30,36,37)/t21-,22?/m1/s1. The highest BCUT2D eigenvalue weighted by molar-refractivity contribution is 7.89. The second kappa shape index (κ2) is 12.3. The molecule has 43 heavy (non-hydrogen) atoms. The number of pyridine rings is 1. The number of rotatable bonds is 10. The first-order chi connectivity index (χ1) is 20.3. The van der Waals surface area contributed by atoms with Gasteiger partial charge in [-0.05, 0) is 62.9 Å². The van der Waals surface area contributed by atoms with Crippen molar-refractivity contribution in [2.45, 2.75) is 67.2 Å². The number of nitrogens with two attached hydrogens (primary N) is 1. The average molecular weight is 635 g/mol. The number of aliphatic hydroxyl groups excluding tert-OH is 1. The van der Waals surface area contributed by atoms with Gasteiger partial charge in [0.15, 0.2) is 0 Å². The zero-order chi connectivity index (χ0) is 31.0. The average Bonchev–Trinajstić information content (AvgIpc) is 3.37. The number of piperidine rings is 1. The number of hydrogen-bond acceptors (Lipinski definition) is 9. The number of ether oxygens (including phenoxy) is 2. The summed E-state index contributed by atoms with van der Waals surface area (Å²) in [4.78, 5) is 13.0. The lowest BCUT2D eigenvalue weighted by molar-refractivity contribution is -0.0312. The Morgan fingerprint density at radius 3 is 2.60 bits per heavy atom. The fourth-order valence-corrected chi connectivity index (χ4v) is 7.91. The summed E-state index contributed by atoms with van der Waals surface area (Å²) in [5.74, 6) is 0.280. The Morgan fingerprint density at radius 2 is 1.91 bits per heavy atom. The van der Waals surface area contributed by atoms with Gasteiger partial charge in [-0.25, -0.2) is 22.0 Å². The molecule has 0 aliphatic carbocycles. The van der Waals surface area contributed by atoms with Crippen molar-refractivity contribution in [2.75, 3.05) is 32.8 Å². The van der Waals surface area contributed by atoms with Crippen molar-refractivity contribution in [3.05, 3.63) is 64.4 Å². The predicted octanol–water partition coefficient (Wildman–Crippen LogP) is 1.32. The Labute approximate surface area is 251 Å². The third-order valence-electron chi connectivity index (χ3n) is 8.22. The lowest BCUT2D eigenvalue weighted by atomic mass is 9.88. The molecule has 0 radical (unpaired) electrons. The molecule has 1 unspecified atom stereocenters. The fourth-order valence-electron chi connectivity index (χ4n) is 5.81. The third kappa shape index (κ3) is 6.80. The summed E-state index contributed by atoms with van der Waals surface area (Å²) in [6, 6.07) is 11.1. The quantitative estimate of drug-likeness (QED) is 0.298. The van der Waals surface area contributed by atoms with E-state index in [1.807, 2.05) is 26.0 Å². The van der Waals surface area contributed by atoms with Crippen LogP contribution in [0.1, 0.15) is 31.7 Å². The minimum atomic E-state index is -4.01. The van der Waals surface area contributed by atoms with Crippen molar-refractivity contribution < 1.29 is 31.4 Å². The SMILES string of the molecule is CCn1cc(S(=O)(=O)N2CCC3(CC2)C[C@@H](NCC(O)COc2cccc(S(N)(=O)=O)c2)CO3)c(=O)c2ccc(C)cc21. The van der Waals surface area contributed by atoms with Crippen LogP contribution in [-0.2, 0) is 31.3 Å². The van der Waals surface area contributed by atoms with Gasteiger partial charge in [-0.15, -0.1) is 0 Å². The Balaban J connectivity index is 1.16. The highest BCUT2D eigenvalue weighted by Crippen LogP contribution is 2.37. The van der Waals surface area contributed by atoms with E-state index in [1.54, 1.807) is 16.7 Å². The van der Waals surface area contributed by atoms with Gasteiger partial charge in [0, 0.05) is 49.9 Å². The third-order valence-corrected chi connectivity index (χ3v) is 11.0. The summed E-state index contributed by atoms with van der Waals surface area (Å²) in [5, 5.41) is 19.2. The molecule has 3 aromatic rings. The smallest absolute Gasteiger partial charge is 0.248 e. The maximum atomic E-state index is 13.6. The molecule has 1 spiro atoms. The molecule has 3 heterocycles. The first kappa shape index (κ1) is 31.6. The second-order valence-corrected chi connectivity index (χ2v) is 14.8. The summed E-state index contributed by atoms with van der Waals surface area (Å²) >= 11 is 0. The van der Waals surface area contributed by atoms with Crippen LogP contribution in [0.15, 0.2) is 63.2 Å². The molecule has 2 aromatic carbocycles. The van der Waals surface area contributed by atoms with E-state index in [4.69, 9.17) is 14.6 Å². The molecule has 2 aliphatic rings. The topological polar surface area (TPSA) is 170 Å². The molecule has 2 saturated heterocycles. The molecular weight excluding hydrogens is 596 g/mol. The molecule has 2 fully saturated rings. The van der Waals surface area contributed by atoms with Gasteiger partial charge in [-0.3, -0.25) is 4.79 Å². The molecule has 1 aromatic heterocycles. The van der Waals surface area contributed by atoms with Crippen molar-refractivity contribution in [2.24, 2.45) is 5.14 Å². The lowest BCUT2D eigenvalue weighted by Crippen LogP contribution is -2.47. The van der Waals surface area contributed by atoms with Gasteiger partial charge in [-0.1, -0.05) is 12.1 Å². The summed E-state index contributed by atoms with van der Waals surface area (Å²) in [5.41, 5.74) is 0.742. The Bertz CT molecular complexity index is 1770. The fraction of sp³-hybridized carbons (Fsp3) is 0.483. The number of hydrogen-bond donors (Lipinski definition) is 3. The van der Waals surface area contributed by atoms with Gasteiger partial charge in [0.1, 0.15) is 23.4 Å². The van der Waals surface area contributed by atoms with E-state index in [-0.39, 0.29) is 47.8 Å². The highest BCUT2D eigenvalue weighted by atomic mass is 32.2. The number of primary sulfonamides is 1. The van der Waals surface area contributed by atoms with Crippen LogP contribution in [0.5, 0.6) is 5.75 Å².